The highest BCUT2D eigenvalue weighted by Crippen LogP contribution is 2.23. The van der Waals surface area contributed by atoms with Gasteiger partial charge in [-0.15, -0.1) is 0 Å². The van der Waals surface area contributed by atoms with Crippen molar-refractivity contribution in [2.45, 2.75) is 37.9 Å². The van der Waals surface area contributed by atoms with Crippen LogP contribution >= 0.6 is 10.7 Å². The van der Waals surface area contributed by atoms with Crippen LogP contribution in [0.1, 0.15) is 25.7 Å². The van der Waals surface area contributed by atoms with E-state index in [-0.39, 0.29) is 6.10 Å². The topological polar surface area (TPSA) is 35.5 Å². The predicted molar refractivity (Wildman–Crippen MR) is 48.1 cm³/mol. The summed E-state index contributed by atoms with van der Waals surface area (Å²) in [7, 11) is 5.27. The Kier molecular flexibility index (Phi) is 4.50. The van der Waals surface area contributed by atoms with Gasteiger partial charge in [-0.2, -0.15) is 0 Å². The van der Waals surface area contributed by atoms with E-state index >= 15 is 0 Å². The van der Waals surface area contributed by atoms with Crippen molar-refractivity contribution >= 4 is 21.0 Å². The lowest BCUT2D eigenvalue weighted by atomic mass is 9.95. The molecule has 0 spiro atoms. The van der Waals surface area contributed by atoms with E-state index in [4.69, 9.17) is 19.6 Å². The van der Waals surface area contributed by atoms with Gasteiger partial charge in [0.05, 0.1) is 12.2 Å². The number of rotatable bonds is 3. The molecule has 1 aliphatic carbocycles. The molecule has 5 heteroatoms. The zero-order valence-electron chi connectivity index (χ0n) is 6.99. The molecule has 3 nitrogen and oxygen atoms in total. The van der Waals surface area contributed by atoms with Crippen LogP contribution in [0.15, 0.2) is 0 Å². The molecule has 0 radical (unpaired) electrons. The van der Waals surface area contributed by atoms with Gasteiger partial charge in [-0.05, 0) is 25.7 Å². The van der Waals surface area contributed by atoms with Gasteiger partial charge in [-0.1, -0.05) is 0 Å². The van der Waals surface area contributed by atoms with Crippen LogP contribution in [-0.4, -0.2) is 23.5 Å². The normalized spacial score (nSPS) is 33.2. The third-order valence-corrected chi connectivity index (χ3v) is 2.81. The number of methoxy groups -OCH3 is 1. The molecule has 0 aromatic rings. The summed E-state index contributed by atoms with van der Waals surface area (Å²) in [6, 6.07) is 0. The molecule has 0 amide bonds. The third-order valence-electron chi connectivity index (χ3n) is 2.17. The maximum absolute atomic E-state index is 10.5. The molecule has 1 atom stereocenters. The van der Waals surface area contributed by atoms with Crippen molar-refractivity contribution in [3.8, 4) is 0 Å². The van der Waals surface area contributed by atoms with E-state index in [9.17, 15) is 4.21 Å². The Morgan fingerprint density at radius 2 is 1.75 bits per heavy atom. The summed E-state index contributed by atoms with van der Waals surface area (Å²) in [6.07, 6.45) is 4.10. The molecule has 1 unspecified atom stereocenters. The lowest BCUT2D eigenvalue weighted by molar-refractivity contribution is 0.0372. The summed E-state index contributed by atoms with van der Waals surface area (Å²) in [4.78, 5) is 0. The van der Waals surface area contributed by atoms with E-state index in [1.54, 1.807) is 7.11 Å². The highest BCUT2D eigenvalue weighted by molar-refractivity contribution is 8.04. The lowest BCUT2D eigenvalue weighted by Crippen LogP contribution is -2.25. The minimum absolute atomic E-state index is 0.0507. The van der Waals surface area contributed by atoms with Crippen molar-refractivity contribution < 1.29 is 13.1 Å². The molecule has 0 N–H and O–H groups in total. The fourth-order valence-corrected chi connectivity index (χ4v) is 2.19. The third kappa shape index (κ3) is 3.39. The quantitative estimate of drug-likeness (QED) is 0.669. The average Bonchev–Trinajstić information content (AvgIpc) is 2.05. The van der Waals surface area contributed by atoms with E-state index in [1.165, 1.54) is 0 Å². The molecule has 1 rings (SSSR count). The zero-order valence-corrected chi connectivity index (χ0v) is 8.57. The summed E-state index contributed by atoms with van der Waals surface area (Å²) in [5.41, 5.74) is 0. The van der Waals surface area contributed by atoms with Crippen molar-refractivity contribution in [1.82, 2.24) is 0 Å². The Morgan fingerprint density at radius 3 is 2.17 bits per heavy atom. The van der Waals surface area contributed by atoms with E-state index < -0.39 is 10.3 Å². The standard InChI is InChI=1S/C7H13ClO3S/c1-10-6-2-4-7(5-3-6)11-12(8)9/h6-7H,2-5H2,1H3. The van der Waals surface area contributed by atoms with Crippen LogP contribution in [0.5, 0.6) is 0 Å². The van der Waals surface area contributed by atoms with Gasteiger partial charge in [0.2, 0.25) is 0 Å². The van der Waals surface area contributed by atoms with Gasteiger partial charge in [-0.3, -0.25) is 4.18 Å². The average molecular weight is 213 g/mol. The Balaban J connectivity index is 2.21. The van der Waals surface area contributed by atoms with Crippen molar-refractivity contribution in [1.29, 1.82) is 0 Å². The summed E-state index contributed by atoms with van der Waals surface area (Å²) in [5, 5.41) is 0. The van der Waals surface area contributed by atoms with Gasteiger partial charge < -0.3 is 4.74 Å². The second-order valence-corrected chi connectivity index (χ2v) is 4.26. The Bertz CT molecular complexity index is 157. The van der Waals surface area contributed by atoms with Gasteiger partial charge >= 0.3 is 0 Å². The Morgan fingerprint density at radius 1 is 1.25 bits per heavy atom. The number of ether oxygens (including phenoxy) is 1. The molecule has 1 saturated carbocycles. The number of halogens is 1. The molecule has 12 heavy (non-hydrogen) atoms. The molecule has 0 heterocycles. The molecular weight excluding hydrogens is 200 g/mol. The van der Waals surface area contributed by atoms with Crippen molar-refractivity contribution in [2.75, 3.05) is 7.11 Å². The van der Waals surface area contributed by atoms with Crippen LogP contribution in [-0.2, 0) is 19.2 Å². The first-order valence-electron chi connectivity index (χ1n) is 4.00. The highest BCUT2D eigenvalue weighted by Gasteiger charge is 2.22. The molecule has 1 aliphatic rings. The minimum atomic E-state index is -1.64. The first-order chi connectivity index (χ1) is 5.72. The largest absolute Gasteiger partial charge is 0.381 e. The lowest BCUT2D eigenvalue weighted by Gasteiger charge is -2.25. The molecule has 0 saturated heterocycles. The van der Waals surface area contributed by atoms with Gasteiger partial charge in [-0.25, -0.2) is 4.21 Å². The smallest absolute Gasteiger partial charge is 0.256 e. The summed E-state index contributed by atoms with van der Waals surface area (Å²) in [6.45, 7) is 0. The van der Waals surface area contributed by atoms with E-state index in [0.717, 1.165) is 25.7 Å². The van der Waals surface area contributed by atoms with E-state index in [2.05, 4.69) is 0 Å². The summed E-state index contributed by atoms with van der Waals surface area (Å²) < 4.78 is 20.6. The van der Waals surface area contributed by atoms with Crippen LogP contribution in [0.4, 0.5) is 0 Å². The molecule has 0 aromatic heterocycles. The molecule has 0 aliphatic heterocycles. The summed E-state index contributed by atoms with van der Waals surface area (Å²) >= 11 is 0. The van der Waals surface area contributed by atoms with Crippen LogP contribution in [0.2, 0.25) is 0 Å². The van der Waals surface area contributed by atoms with Crippen LogP contribution in [0.3, 0.4) is 0 Å². The molecule has 1 fully saturated rings. The molecule has 72 valence electrons. The van der Waals surface area contributed by atoms with E-state index in [1.807, 2.05) is 0 Å². The van der Waals surface area contributed by atoms with Gasteiger partial charge in [0.1, 0.15) is 0 Å². The monoisotopic (exact) mass is 212 g/mol. The Labute approximate surface area is 79.5 Å². The fourth-order valence-electron chi connectivity index (χ4n) is 1.47. The Hall–Kier alpha value is 0.360. The van der Waals surface area contributed by atoms with Crippen LogP contribution < -0.4 is 0 Å². The maximum atomic E-state index is 10.5. The summed E-state index contributed by atoms with van der Waals surface area (Å²) in [5.74, 6) is 0. The minimum Gasteiger partial charge on any atom is -0.381 e. The number of hydrogen-bond donors (Lipinski definition) is 0. The van der Waals surface area contributed by atoms with Crippen LogP contribution in [0.25, 0.3) is 0 Å². The highest BCUT2D eigenvalue weighted by atomic mass is 35.7. The van der Waals surface area contributed by atoms with E-state index in [0.29, 0.717) is 6.10 Å². The molecule has 0 bridgehead atoms. The molecule has 0 aromatic carbocycles. The van der Waals surface area contributed by atoms with Crippen molar-refractivity contribution in [3.05, 3.63) is 0 Å². The zero-order chi connectivity index (χ0) is 8.97. The van der Waals surface area contributed by atoms with Crippen LogP contribution in [0, 0.1) is 0 Å². The first-order valence-corrected chi connectivity index (χ1v) is 5.90. The maximum Gasteiger partial charge on any atom is 0.256 e. The van der Waals surface area contributed by atoms with Crippen molar-refractivity contribution in [3.63, 3.8) is 0 Å². The SMILES string of the molecule is COC1CCC(OS(=O)Cl)CC1. The number of hydrogen-bond acceptors (Lipinski definition) is 3. The van der Waals surface area contributed by atoms with Crippen molar-refractivity contribution in [2.24, 2.45) is 0 Å². The fraction of sp³-hybridized carbons (Fsp3) is 1.00. The van der Waals surface area contributed by atoms with Gasteiger partial charge in [0.25, 0.3) is 10.3 Å². The second-order valence-electron chi connectivity index (χ2n) is 2.92. The van der Waals surface area contributed by atoms with Gasteiger partial charge in [0.15, 0.2) is 0 Å². The first kappa shape index (κ1) is 10.4. The second kappa shape index (κ2) is 5.17. The predicted octanol–water partition coefficient (Wildman–Crippen LogP) is 1.78. The van der Waals surface area contributed by atoms with Gasteiger partial charge in [0, 0.05) is 17.8 Å². The molecular formula is C7H13ClO3S.